The second-order valence-corrected chi connectivity index (χ2v) is 24.1. The number of rotatable bonds is 27. The molecule has 6 aromatic carbocycles. The van der Waals surface area contributed by atoms with E-state index in [0.717, 1.165) is 0 Å². The number of imidazole rings is 2. The predicted molar refractivity (Wildman–Crippen MR) is 388 cm³/mol. The second kappa shape index (κ2) is 31.2. The average molecular weight is 1430 g/mol. The number of para-hydroxylation sites is 1. The maximum absolute atomic E-state index is 16.9. The van der Waals surface area contributed by atoms with E-state index >= 15 is 9.18 Å². The number of benzene rings is 6. The Balaban J connectivity index is 0.745. The van der Waals surface area contributed by atoms with Crippen LogP contribution in [-0.2, 0) is 40.8 Å². The Morgan fingerprint density at radius 3 is 1.27 bits per heavy atom. The molecule has 0 aliphatic carbocycles. The SMILES string of the molecule is COc1cc(-n2ccnc2[C@@H](NC(=O)c2cccc(NCc3nnc(-c4ccncn4)n3C)c2)c2ccccc2OC)ccc1[C@@H](NC(=O)c1cccc(NCc2nnc(-c3ccncn3)n2C)c1)c1nccn1-c1ccc([C@H](C#N)NC(=O)c2cccc(NCc3nnc(-c4ccncn4)n3C)c2)c(F)c1. The lowest BCUT2D eigenvalue weighted by Crippen LogP contribution is -2.32. The summed E-state index contributed by atoms with van der Waals surface area (Å²) in [6.45, 7) is 0.774. The zero-order chi connectivity index (χ0) is 73.9. The number of carbonyl (C=O) groups is 3. The fraction of sp³-hybridized carbons (Fsp3) is 0.147. The third-order valence-corrected chi connectivity index (χ3v) is 17.7. The van der Waals surface area contributed by atoms with Crippen molar-refractivity contribution in [1.29, 1.82) is 5.26 Å². The van der Waals surface area contributed by atoms with Crippen LogP contribution in [0.5, 0.6) is 11.5 Å². The molecule has 31 nitrogen and oxygen atoms in total. The summed E-state index contributed by atoms with van der Waals surface area (Å²) < 4.78 is 37.9. The molecule has 107 heavy (non-hydrogen) atoms. The lowest BCUT2D eigenvalue weighted by Gasteiger charge is -2.25. The highest BCUT2D eigenvalue weighted by molar-refractivity contribution is 5.97. The van der Waals surface area contributed by atoms with Gasteiger partial charge in [0.1, 0.15) is 83.2 Å². The van der Waals surface area contributed by atoms with Crippen LogP contribution in [0.1, 0.15) is 95.0 Å². The first-order valence-corrected chi connectivity index (χ1v) is 33.3. The summed E-state index contributed by atoms with van der Waals surface area (Å²) in [6, 6.07) is 41.3. The summed E-state index contributed by atoms with van der Waals surface area (Å²) in [5.74, 6) is 2.47. The van der Waals surface area contributed by atoms with Gasteiger partial charge < -0.3 is 64.2 Å². The Morgan fingerprint density at radius 1 is 0.449 bits per heavy atom. The number of hydrogen-bond acceptors (Lipinski definition) is 23. The van der Waals surface area contributed by atoms with Gasteiger partial charge in [-0.05, 0) is 97.1 Å². The first-order valence-electron chi connectivity index (χ1n) is 33.3. The van der Waals surface area contributed by atoms with Gasteiger partial charge in [0, 0.05) is 127 Å². The molecule has 14 aromatic rings. The Morgan fingerprint density at radius 2 is 0.860 bits per heavy atom. The number of ether oxygens (including phenoxy) is 2. The number of nitrogens with zero attached hydrogens (tertiary/aromatic N) is 20. The molecule has 8 aromatic heterocycles. The third kappa shape index (κ3) is 15.0. The van der Waals surface area contributed by atoms with Crippen LogP contribution in [0.2, 0.25) is 0 Å². The van der Waals surface area contributed by atoms with Gasteiger partial charge in [-0.1, -0.05) is 48.5 Å². The third-order valence-electron chi connectivity index (χ3n) is 17.7. The standard InChI is InChI=1S/C75H65FN26O5/c1-98-63(92-95-68(98)57-23-26-78-42-86-57)39-83-48-14-8-11-45(33-48)73(103)89-60(38-77)53-21-19-51(36-56(53)76)101-31-29-82-72(101)67(91-75(105)47-13-10-16-50(35-47)85-41-65-94-97-70(100(65)3)59-25-28-80-44-88-59)55-22-20-52(37-62(55)107-5)102-32-30-81-71(102)66(54-17-6-7-18-61(54)106-4)90-74(104)46-12-9-15-49(34-46)84-40-64-93-96-69(99(64)2)58-24-27-79-43-87-58/h6-37,42-44,60,66-67,83-85H,39-41H2,1-5H3,(H,89,103)(H,90,104)(H,91,105)/t60-,66-,67+/m0/s1. The van der Waals surface area contributed by atoms with Gasteiger partial charge >= 0.3 is 0 Å². The van der Waals surface area contributed by atoms with Gasteiger partial charge in [-0.3, -0.25) is 14.4 Å². The molecule has 3 amide bonds. The average Bonchev–Trinajstić information content (AvgIpc) is 1.76. The van der Waals surface area contributed by atoms with Crippen LogP contribution in [0.3, 0.4) is 0 Å². The minimum Gasteiger partial charge on any atom is -0.496 e. The molecule has 0 unspecified atom stereocenters. The zero-order valence-electron chi connectivity index (χ0n) is 57.9. The van der Waals surface area contributed by atoms with Gasteiger partial charge in [-0.25, -0.2) is 44.3 Å². The Hall–Kier alpha value is -14.8. The molecule has 532 valence electrons. The molecule has 0 aliphatic rings. The molecule has 0 bridgehead atoms. The van der Waals surface area contributed by atoms with Gasteiger partial charge in [0.2, 0.25) is 0 Å². The fourth-order valence-electron chi connectivity index (χ4n) is 12.1. The predicted octanol–water partition coefficient (Wildman–Crippen LogP) is 8.84. The molecular formula is C75H65FN26O5. The van der Waals surface area contributed by atoms with Gasteiger partial charge in [0.25, 0.3) is 17.7 Å². The molecule has 0 saturated heterocycles. The van der Waals surface area contributed by atoms with E-state index in [-0.39, 0.29) is 53.6 Å². The summed E-state index contributed by atoms with van der Waals surface area (Å²) in [7, 11) is 8.53. The van der Waals surface area contributed by atoms with Crippen molar-refractivity contribution in [2.24, 2.45) is 21.1 Å². The molecule has 3 atom stereocenters. The van der Waals surface area contributed by atoms with Crippen LogP contribution in [-0.4, -0.2) is 125 Å². The number of anilines is 3. The Kier molecular flexibility index (Phi) is 20.2. The summed E-state index contributed by atoms with van der Waals surface area (Å²) in [4.78, 5) is 78.2. The van der Waals surface area contributed by atoms with Gasteiger partial charge in [-0.15, -0.1) is 30.6 Å². The fourth-order valence-corrected chi connectivity index (χ4v) is 12.1. The number of nitrogens with one attached hydrogen (secondary N) is 6. The lowest BCUT2D eigenvalue weighted by molar-refractivity contribution is 0.0932. The molecule has 8 heterocycles. The number of aromatic nitrogens is 19. The minimum atomic E-state index is -1.43. The summed E-state index contributed by atoms with van der Waals surface area (Å²) in [5, 5.41) is 55.7. The van der Waals surface area contributed by atoms with Crippen LogP contribution in [0.15, 0.2) is 214 Å². The number of hydrogen-bond donors (Lipinski definition) is 6. The Bertz CT molecular complexity index is 5580. The molecule has 32 heteroatoms. The van der Waals surface area contributed by atoms with Crippen LogP contribution in [0.4, 0.5) is 21.5 Å². The summed E-state index contributed by atoms with van der Waals surface area (Å²) in [6.07, 6.45) is 15.7. The molecule has 14 rings (SSSR count). The molecule has 0 radical (unpaired) electrons. The van der Waals surface area contributed by atoms with Gasteiger partial charge in [-0.2, -0.15) is 5.26 Å². The van der Waals surface area contributed by atoms with Crippen molar-refractivity contribution in [2.75, 3.05) is 30.2 Å². The van der Waals surface area contributed by atoms with Crippen LogP contribution in [0.25, 0.3) is 45.9 Å². The minimum absolute atomic E-state index is 0.109. The number of carbonyl (C=O) groups excluding carboxylic acids is 3. The van der Waals surface area contributed by atoms with Crippen LogP contribution >= 0.6 is 0 Å². The maximum Gasteiger partial charge on any atom is 0.252 e. The van der Waals surface area contributed by atoms with Crippen molar-refractivity contribution in [3.63, 3.8) is 0 Å². The molecule has 6 N–H and O–H groups in total. The molecule has 0 aliphatic heterocycles. The first kappa shape index (κ1) is 69.3. The van der Waals surface area contributed by atoms with Gasteiger partial charge in [0.15, 0.2) is 34.9 Å². The van der Waals surface area contributed by atoms with E-state index in [1.165, 1.54) is 44.4 Å². The van der Waals surface area contributed by atoms with Crippen LogP contribution in [0, 0.1) is 17.1 Å². The number of amides is 3. The van der Waals surface area contributed by atoms with Gasteiger partial charge in [0.05, 0.1) is 45.6 Å². The summed E-state index contributed by atoms with van der Waals surface area (Å²) in [5.41, 5.74) is 6.16. The van der Waals surface area contributed by atoms with Crippen LogP contribution < -0.4 is 41.4 Å². The quantitative estimate of drug-likeness (QED) is 0.0280. The van der Waals surface area contributed by atoms with Crippen molar-refractivity contribution >= 4 is 34.8 Å². The second-order valence-electron chi connectivity index (χ2n) is 24.1. The highest BCUT2D eigenvalue weighted by Crippen LogP contribution is 2.37. The van der Waals surface area contributed by atoms with E-state index < -0.39 is 41.7 Å². The lowest BCUT2D eigenvalue weighted by atomic mass is 10.0. The van der Waals surface area contributed by atoms with E-state index in [1.807, 2.05) is 72.7 Å². The Labute approximate surface area is 609 Å². The van der Waals surface area contributed by atoms with Crippen molar-refractivity contribution < 1.29 is 28.2 Å². The number of methoxy groups -OCH3 is 2. The van der Waals surface area contributed by atoms with E-state index in [4.69, 9.17) is 19.4 Å². The molecule has 0 spiro atoms. The smallest absolute Gasteiger partial charge is 0.252 e. The molecule has 0 fully saturated rings. The first-order chi connectivity index (χ1) is 52.3. The van der Waals surface area contributed by atoms with Crippen molar-refractivity contribution in [3.05, 3.63) is 282 Å². The number of nitriles is 1. The van der Waals surface area contributed by atoms with Crippen molar-refractivity contribution in [1.82, 2.24) is 109 Å². The van der Waals surface area contributed by atoms with E-state index in [1.54, 1.807) is 161 Å². The highest BCUT2D eigenvalue weighted by atomic mass is 19.1. The monoisotopic (exact) mass is 1430 g/mol. The largest absolute Gasteiger partial charge is 0.496 e. The number of halogens is 1. The van der Waals surface area contributed by atoms with E-state index in [0.29, 0.717) is 103 Å². The summed E-state index contributed by atoms with van der Waals surface area (Å²) >= 11 is 0. The van der Waals surface area contributed by atoms with E-state index in [2.05, 4.69) is 92.4 Å². The van der Waals surface area contributed by atoms with E-state index in [9.17, 15) is 14.9 Å². The molecular weight excluding hydrogens is 1360 g/mol. The normalized spacial score (nSPS) is 11.9. The highest BCUT2D eigenvalue weighted by Gasteiger charge is 2.31. The maximum atomic E-state index is 16.9. The van der Waals surface area contributed by atoms with Crippen molar-refractivity contribution in [3.8, 4) is 63.5 Å². The topological polar surface area (TPSA) is 371 Å². The van der Waals surface area contributed by atoms with Crippen molar-refractivity contribution in [2.45, 2.75) is 37.8 Å². The molecule has 0 saturated carbocycles. The zero-order valence-corrected chi connectivity index (χ0v) is 57.9.